The zero-order chi connectivity index (χ0) is 22.0. The van der Waals surface area contributed by atoms with E-state index >= 15 is 0 Å². The number of rotatable bonds is 7. The Morgan fingerprint density at radius 1 is 1.13 bits per heavy atom. The standard InChI is InChI=1S/C20H23BN8O2/c1-28(2)19-18(23-11-13-5-3-7-15(9-13)21(30)31)25-20(27-26-19)29-17-8-4-6-14(10-22)16(17)12-24-29/h3-9,12,30-31H,10-11,22H2,1-2H3,(H,23,25,27). The monoisotopic (exact) mass is 418 g/mol. The van der Waals surface area contributed by atoms with E-state index in [0.29, 0.717) is 36.1 Å². The molecule has 0 bridgehead atoms. The van der Waals surface area contributed by atoms with Crippen LogP contribution in [0.15, 0.2) is 48.7 Å². The number of nitrogens with zero attached hydrogens (tertiary/aromatic N) is 6. The average molecular weight is 418 g/mol. The Morgan fingerprint density at radius 3 is 2.68 bits per heavy atom. The molecule has 0 aliphatic rings. The molecule has 0 saturated heterocycles. The predicted molar refractivity (Wildman–Crippen MR) is 120 cm³/mol. The van der Waals surface area contributed by atoms with E-state index in [4.69, 9.17) is 5.73 Å². The highest BCUT2D eigenvalue weighted by molar-refractivity contribution is 6.58. The number of hydrogen-bond donors (Lipinski definition) is 4. The van der Waals surface area contributed by atoms with Gasteiger partial charge in [-0.05, 0) is 22.7 Å². The molecule has 4 aromatic rings. The molecule has 0 fully saturated rings. The number of nitrogens with two attached hydrogens (primary N) is 1. The van der Waals surface area contributed by atoms with Crippen molar-refractivity contribution >= 4 is 35.1 Å². The van der Waals surface area contributed by atoms with E-state index in [9.17, 15) is 10.0 Å². The summed E-state index contributed by atoms with van der Waals surface area (Å²) >= 11 is 0. The molecule has 158 valence electrons. The molecule has 0 aliphatic carbocycles. The van der Waals surface area contributed by atoms with Gasteiger partial charge in [0.1, 0.15) is 0 Å². The van der Waals surface area contributed by atoms with Gasteiger partial charge in [-0.3, -0.25) is 0 Å². The predicted octanol–water partition coefficient (Wildman–Crippen LogP) is 0.0271. The third kappa shape index (κ3) is 4.19. The fourth-order valence-corrected chi connectivity index (χ4v) is 3.32. The molecule has 0 aliphatic heterocycles. The summed E-state index contributed by atoms with van der Waals surface area (Å²) in [7, 11) is 2.20. The van der Waals surface area contributed by atoms with Gasteiger partial charge >= 0.3 is 7.12 Å². The number of benzene rings is 2. The van der Waals surface area contributed by atoms with Gasteiger partial charge in [-0.25, -0.2) is 0 Å². The first-order valence-corrected chi connectivity index (χ1v) is 9.75. The average Bonchev–Trinajstić information content (AvgIpc) is 3.22. The summed E-state index contributed by atoms with van der Waals surface area (Å²) in [5, 5.41) is 36.0. The zero-order valence-corrected chi connectivity index (χ0v) is 17.3. The van der Waals surface area contributed by atoms with Crippen LogP contribution in [0.5, 0.6) is 0 Å². The molecule has 2 heterocycles. The SMILES string of the molecule is CN(C)c1nnc(-n2ncc3c(CN)cccc32)nc1NCc1cccc(B(O)O)c1. The number of hydrogen-bond acceptors (Lipinski definition) is 9. The van der Waals surface area contributed by atoms with E-state index in [1.165, 1.54) is 0 Å². The van der Waals surface area contributed by atoms with Gasteiger partial charge in [-0.15, -0.1) is 10.2 Å². The van der Waals surface area contributed by atoms with E-state index in [1.807, 2.05) is 43.3 Å². The summed E-state index contributed by atoms with van der Waals surface area (Å²) in [6.07, 6.45) is 1.75. The fourth-order valence-electron chi connectivity index (χ4n) is 3.32. The van der Waals surface area contributed by atoms with Crippen LogP contribution in [0.25, 0.3) is 16.9 Å². The van der Waals surface area contributed by atoms with Gasteiger partial charge in [-0.2, -0.15) is 14.8 Å². The van der Waals surface area contributed by atoms with Gasteiger partial charge in [-0.1, -0.05) is 36.4 Å². The van der Waals surface area contributed by atoms with Gasteiger partial charge in [0.2, 0.25) is 0 Å². The van der Waals surface area contributed by atoms with Crippen molar-refractivity contribution in [3.05, 3.63) is 59.8 Å². The van der Waals surface area contributed by atoms with E-state index in [2.05, 4.69) is 25.6 Å². The van der Waals surface area contributed by atoms with Crippen LogP contribution < -0.4 is 21.4 Å². The Kier molecular flexibility index (Phi) is 5.80. The lowest BCUT2D eigenvalue weighted by Gasteiger charge is -2.16. The van der Waals surface area contributed by atoms with Gasteiger partial charge in [0, 0.05) is 32.6 Å². The largest absolute Gasteiger partial charge is 0.488 e. The molecule has 0 unspecified atom stereocenters. The van der Waals surface area contributed by atoms with Crippen molar-refractivity contribution in [2.24, 2.45) is 5.73 Å². The van der Waals surface area contributed by atoms with Crippen molar-refractivity contribution in [1.29, 1.82) is 0 Å². The van der Waals surface area contributed by atoms with E-state index < -0.39 is 7.12 Å². The number of anilines is 2. The highest BCUT2D eigenvalue weighted by Gasteiger charge is 2.16. The lowest BCUT2D eigenvalue weighted by atomic mass is 9.80. The smallest absolute Gasteiger partial charge is 0.423 e. The summed E-state index contributed by atoms with van der Waals surface area (Å²) in [5.41, 5.74) is 8.97. The summed E-state index contributed by atoms with van der Waals surface area (Å²) < 4.78 is 1.63. The minimum absolute atomic E-state index is 0.330. The fraction of sp³-hybridized carbons (Fsp3) is 0.200. The molecule has 2 aromatic carbocycles. The molecular weight excluding hydrogens is 395 g/mol. The summed E-state index contributed by atoms with van der Waals surface area (Å²) in [5.74, 6) is 1.43. The first kappa shape index (κ1) is 20.7. The second-order valence-electron chi connectivity index (χ2n) is 7.26. The van der Waals surface area contributed by atoms with Crippen molar-refractivity contribution in [3.63, 3.8) is 0 Å². The number of aromatic nitrogens is 5. The molecule has 0 radical (unpaired) electrons. The second-order valence-corrected chi connectivity index (χ2v) is 7.26. The molecule has 0 amide bonds. The first-order chi connectivity index (χ1) is 15.0. The van der Waals surface area contributed by atoms with Gasteiger partial charge in [0.25, 0.3) is 5.95 Å². The van der Waals surface area contributed by atoms with Crippen LogP contribution in [0.1, 0.15) is 11.1 Å². The molecule has 10 nitrogen and oxygen atoms in total. The summed E-state index contributed by atoms with van der Waals surface area (Å²) in [4.78, 5) is 6.47. The van der Waals surface area contributed by atoms with Crippen LogP contribution in [0.3, 0.4) is 0 Å². The van der Waals surface area contributed by atoms with Crippen LogP contribution in [0.4, 0.5) is 11.6 Å². The second kappa shape index (κ2) is 8.68. The van der Waals surface area contributed by atoms with Crippen molar-refractivity contribution in [1.82, 2.24) is 25.0 Å². The summed E-state index contributed by atoms with van der Waals surface area (Å²) in [6.45, 7) is 0.826. The Labute approximate surface area is 179 Å². The topological polar surface area (TPSA) is 138 Å². The molecule has 0 atom stereocenters. The van der Waals surface area contributed by atoms with Crippen LogP contribution in [0.2, 0.25) is 0 Å². The molecule has 0 spiro atoms. The Morgan fingerprint density at radius 2 is 1.94 bits per heavy atom. The van der Waals surface area contributed by atoms with Gasteiger partial charge < -0.3 is 26.0 Å². The minimum Gasteiger partial charge on any atom is -0.423 e. The molecule has 2 aromatic heterocycles. The zero-order valence-electron chi connectivity index (χ0n) is 17.3. The molecule has 4 rings (SSSR count). The van der Waals surface area contributed by atoms with Crippen molar-refractivity contribution < 1.29 is 10.0 Å². The van der Waals surface area contributed by atoms with Crippen molar-refractivity contribution in [2.75, 3.05) is 24.3 Å². The normalized spacial score (nSPS) is 11.0. The molecule has 5 N–H and O–H groups in total. The van der Waals surface area contributed by atoms with Crippen LogP contribution >= 0.6 is 0 Å². The first-order valence-electron chi connectivity index (χ1n) is 9.75. The minimum atomic E-state index is -1.52. The quantitative estimate of drug-likeness (QED) is 0.306. The lowest BCUT2D eigenvalue weighted by molar-refractivity contribution is 0.425. The lowest BCUT2D eigenvalue weighted by Crippen LogP contribution is -2.30. The highest BCUT2D eigenvalue weighted by Crippen LogP contribution is 2.23. The van der Waals surface area contributed by atoms with E-state index in [0.717, 1.165) is 22.0 Å². The van der Waals surface area contributed by atoms with E-state index in [-0.39, 0.29) is 0 Å². The highest BCUT2D eigenvalue weighted by atomic mass is 16.4. The van der Waals surface area contributed by atoms with Crippen molar-refractivity contribution in [2.45, 2.75) is 13.1 Å². The Balaban J connectivity index is 1.68. The van der Waals surface area contributed by atoms with Crippen LogP contribution in [-0.4, -0.2) is 56.2 Å². The maximum absolute atomic E-state index is 9.40. The molecule has 31 heavy (non-hydrogen) atoms. The summed E-state index contributed by atoms with van der Waals surface area (Å²) in [6, 6.07) is 12.9. The van der Waals surface area contributed by atoms with Crippen LogP contribution in [0, 0.1) is 0 Å². The van der Waals surface area contributed by atoms with Crippen molar-refractivity contribution in [3.8, 4) is 5.95 Å². The Bertz CT molecular complexity index is 1210. The van der Waals surface area contributed by atoms with Crippen LogP contribution in [-0.2, 0) is 13.1 Å². The number of fused-ring (bicyclic) bond motifs is 1. The molecular formula is C20H23BN8O2. The number of nitrogens with one attached hydrogen (secondary N) is 1. The van der Waals surface area contributed by atoms with Gasteiger partial charge in [0.15, 0.2) is 11.6 Å². The maximum Gasteiger partial charge on any atom is 0.488 e. The third-order valence-corrected chi connectivity index (χ3v) is 4.90. The van der Waals surface area contributed by atoms with E-state index in [1.54, 1.807) is 29.1 Å². The molecule has 0 saturated carbocycles. The maximum atomic E-state index is 9.40. The third-order valence-electron chi connectivity index (χ3n) is 4.90. The Hall–Kier alpha value is -3.54. The van der Waals surface area contributed by atoms with Gasteiger partial charge in [0.05, 0.1) is 11.7 Å². The molecule has 11 heteroatoms.